The zero-order chi connectivity index (χ0) is 10.6. The van der Waals surface area contributed by atoms with Gasteiger partial charge in [-0.2, -0.15) is 0 Å². The van der Waals surface area contributed by atoms with Gasteiger partial charge in [-0.1, -0.05) is 0 Å². The van der Waals surface area contributed by atoms with E-state index in [-0.39, 0.29) is 11.3 Å². The van der Waals surface area contributed by atoms with Crippen molar-refractivity contribution in [1.82, 2.24) is 0 Å². The van der Waals surface area contributed by atoms with Gasteiger partial charge in [-0.05, 0) is 31.2 Å². The van der Waals surface area contributed by atoms with Gasteiger partial charge in [-0.15, -0.1) is 11.8 Å². The van der Waals surface area contributed by atoms with Gasteiger partial charge in [-0.3, -0.25) is 4.79 Å². The van der Waals surface area contributed by atoms with E-state index in [9.17, 15) is 9.59 Å². The number of benzene rings is 1. The second-order valence-corrected chi connectivity index (χ2v) is 3.87. The summed E-state index contributed by atoms with van der Waals surface area (Å²) >= 11 is 1.41. The van der Waals surface area contributed by atoms with Crippen molar-refractivity contribution in [2.75, 3.05) is 5.75 Å². The number of rotatable bonds is 4. The van der Waals surface area contributed by atoms with Gasteiger partial charge in [0.05, 0.1) is 11.3 Å². The van der Waals surface area contributed by atoms with Crippen molar-refractivity contribution in [3.63, 3.8) is 0 Å². The van der Waals surface area contributed by atoms with Crippen molar-refractivity contribution >= 4 is 23.5 Å². The van der Waals surface area contributed by atoms with Crippen LogP contribution in [-0.4, -0.2) is 22.6 Å². The number of carboxylic acids is 1. The topological polar surface area (TPSA) is 54.4 Å². The normalized spacial score (nSPS) is 9.79. The van der Waals surface area contributed by atoms with E-state index < -0.39 is 5.97 Å². The summed E-state index contributed by atoms with van der Waals surface area (Å²) in [5, 5.41) is 8.63. The van der Waals surface area contributed by atoms with Crippen molar-refractivity contribution in [3.05, 3.63) is 29.8 Å². The lowest BCUT2D eigenvalue weighted by atomic mass is 10.2. The Labute approximate surface area is 86.1 Å². The molecule has 1 aromatic rings. The summed E-state index contributed by atoms with van der Waals surface area (Å²) < 4.78 is 0. The Kier molecular flexibility index (Phi) is 3.71. The Bertz CT molecular complexity index is 343. The van der Waals surface area contributed by atoms with Gasteiger partial charge in [0.1, 0.15) is 5.78 Å². The van der Waals surface area contributed by atoms with Crippen molar-refractivity contribution in [1.29, 1.82) is 0 Å². The highest BCUT2D eigenvalue weighted by Gasteiger charge is 2.02. The van der Waals surface area contributed by atoms with Crippen molar-refractivity contribution < 1.29 is 14.7 Å². The van der Waals surface area contributed by atoms with E-state index in [0.29, 0.717) is 5.75 Å². The molecule has 1 aromatic carbocycles. The van der Waals surface area contributed by atoms with Gasteiger partial charge in [0.25, 0.3) is 0 Å². The second-order valence-electron chi connectivity index (χ2n) is 2.82. The Hall–Kier alpha value is -1.29. The summed E-state index contributed by atoms with van der Waals surface area (Å²) in [6.45, 7) is 1.53. The average molecular weight is 210 g/mol. The maximum atomic E-state index is 10.7. The standard InChI is InChI=1S/C10H10O3S/c1-7(11)6-14-9-4-2-8(3-5-9)10(12)13/h2-5H,6H2,1H3,(H,12,13). The first-order valence-corrected chi connectivity index (χ1v) is 5.04. The molecule has 0 aliphatic rings. The molecule has 0 saturated heterocycles. The van der Waals surface area contributed by atoms with E-state index in [1.54, 1.807) is 12.1 Å². The molecular formula is C10H10O3S. The van der Waals surface area contributed by atoms with Gasteiger partial charge < -0.3 is 5.11 Å². The first-order chi connectivity index (χ1) is 6.59. The Morgan fingerprint density at radius 3 is 2.29 bits per heavy atom. The van der Waals surface area contributed by atoms with Gasteiger partial charge in [0.15, 0.2) is 0 Å². The number of hydrogen-bond donors (Lipinski definition) is 1. The summed E-state index contributed by atoms with van der Waals surface area (Å²) in [5.41, 5.74) is 0.261. The molecule has 0 aliphatic carbocycles. The number of hydrogen-bond acceptors (Lipinski definition) is 3. The van der Waals surface area contributed by atoms with Crippen LogP contribution < -0.4 is 0 Å². The average Bonchev–Trinajstić information content (AvgIpc) is 2.15. The van der Waals surface area contributed by atoms with E-state index in [2.05, 4.69) is 0 Å². The molecule has 14 heavy (non-hydrogen) atoms. The van der Waals surface area contributed by atoms with E-state index in [0.717, 1.165) is 4.90 Å². The van der Waals surface area contributed by atoms with Crippen LogP contribution in [0.1, 0.15) is 17.3 Å². The molecule has 0 aliphatic heterocycles. The van der Waals surface area contributed by atoms with Crippen LogP contribution in [0.15, 0.2) is 29.2 Å². The minimum absolute atomic E-state index is 0.109. The third kappa shape index (κ3) is 3.22. The quantitative estimate of drug-likeness (QED) is 0.773. The van der Waals surface area contributed by atoms with Gasteiger partial charge >= 0.3 is 5.97 Å². The van der Waals surface area contributed by atoms with Gasteiger partial charge in [0.2, 0.25) is 0 Å². The Morgan fingerprint density at radius 2 is 1.86 bits per heavy atom. The third-order valence-electron chi connectivity index (χ3n) is 1.54. The van der Waals surface area contributed by atoms with Crippen LogP contribution in [0.3, 0.4) is 0 Å². The lowest BCUT2D eigenvalue weighted by Crippen LogP contribution is -1.96. The summed E-state index contributed by atoms with van der Waals surface area (Å²) in [5.74, 6) is -0.405. The number of carbonyl (C=O) groups is 2. The van der Waals surface area contributed by atoms with Crippen LogP contribution in [0.25, 0.3) is 0 Å². The molecule has 0 unspecified atom stereocenters. The zero-order valence-corrected chi connectivity index (χ0v) is 8.50. The summed E-state index contributed by atoms with van der Waals surface area (Å²) in [6, 6.07) is 6.48. The van der Waals surface area contributed by atoms with Crippen LogP contribution in [0, 0.1) is 0 Å². The summed E-state index contributed by atoms with van der Waals surface area (Å²) in [6.07, 6.45) is 0. The molecule has 0 bridgehead atoms. The molecule has 0 aromatic heterocycles. The lowest BCUT2D eigenvalue weighted by molar-refractivity contribution is -0.114. The number of Topliss-reactive ketones (excluding diaryl/α,β-unsaturated/α-hetero) is 1. The monoisotopic (exact) mass is 210 g/mol. The van der Waals surface area contributed by atoms with E-state index in [1.165, 1.54) is 30.8 Å². The predicted molar refractivity (Wildman–Crippen MR) is 54.8 cm³/mol. The Morgan fingerprint density at radius 1 is 1.29 bits per heavy atom. The highest BCUT2D eigenvalue weighted by Crippen LogP contribution is 2.18. The maximum Gasteiger partial charge on any atom is 0.335 e. The molecule has 0 fully saturated rings. The smallest absolute Gasteiger partial charge is 0.335 e. The van der Waals surface area contributed by atoms with Crippen molar-refractivity contribution in [2.45, 2.75) is 11.8 Å². The fourth-order valence-corrected chi connectivity index (χ4v) is 1.58. The van der Waals surface area contributed by atoms with Crippen LogP contribution >= 0.6 is 11.8 Å². The number of carbonyl (C=O) groups excluding carboxylic acids is 1. The van der Waals surface area contributed by atoms with Crippen molar-refractivity contribution in [3.8, 4) is 0 Å². The largest absolute Gasteiger partial charge is 0.478 e. The molecular weight excluding hydrogens is 200 g/mol. The molecule has 1 rings (SSSR count). The molecule has 0 amide bonds. The fourth-order valence-electron chi connectivity index (χ4n) is 0.879. The molecule has 0 heterocycles. The fraction of sp³-hybridized carbons (Fsp3) is 0.200. The van der Waals surface area contributed by atoms with Gasteiger partial charge in [0, 0.05) is 4.90 Å². The number of aromatic carboxylic acids is 1. The zero-order valence-electron chi connectivity index (χ0n) is 7.69. The van der Waals surface area contributed by atoms with E-state index in [1.807, 2.05) is 0 Å². The van der Waals surface area contributed by atoms with Crippen LogP contribution in [-0.2, 0) is 4.79 Å². The molecule has 4 heteroatoms. The first kappa shape index (κ1) is 10.8. The lowest BCUT2D eigenvalue weighted by Gasteiger charge is -1.99. The number of thioether (sulfide) groups is 1. The highest BCUT2D eigenvalue weighted by molar-refractivity contribution is 8.00. The first-order valence-electron chi connectivity index (χ1n) is 4.05. The molecule has 74 valence electrons. The molecule has 0 atom stereocenters. The maximum absolute atomic E-state index is 10.7. The SMILES string of the molecule is CC(=O)CSc1ccc(C(=O)O)cc1. The predicted octanol–water partition coefficient (Wildman–Crippen LogP) is 2.07. The third-order valence-corrected chi connectivity index (χ3v) is 2.70. The summed E-state index contributed by atoms with van der Waals surface area (Å²) in [7, 11) is 0. The van der Waals surface area contributed by atoms with E-state index in [4.69, 9.17) is 5.11 Å². The molecule has 1 N–H and O–H groups in total. The van der Waals surface area contributed by atoms with Crippen molar-refractivity contribution in [2.24, 2.45) is 0 Å². The molecule has 3 nitrogen and oxygen atoms in total. The minimum atomic E-state index is -0.937. The van der Waals surface area contributed by atoms with Gasteiger partial charge in [-0.25, -0.2) is 4.79 Å². The van der Waals surface area contributed by atoms with Crippen LogP contribution in [0.5, 0.6) is 0 Å². The van der Waals surface area contributed by atoms with Crippen LogP contribution in [0.4, 0.5) is 0 Å². The summed E-state index contributed by atoms with van der Waals surface area (Å²) in [4.78, 5) is 22.1. The molecule has 0 spiro atoms. The highest BCUT2D eigenvalue weighted by atomic mass is 32.2. The van der Waals surface area contributed by atoms with E-state index >= 15 is 0 Å². The Balaban J connectivity index is 2.64. The van der Waals surface area contributed by atoms with Crippen LogP contribution in [0.2, 0.25) is 0 Å². The molecule has 0 saturated carbocycles. The number of ketones is 1. The number of carboxylic acid groups (broad SMARTS) is 1. The molecule has 0 radical (unpaired) electrons. The minimum Gasteiger partial charge on any atom is -0.478 e. The second kappa shape index (κ2) is 4.81.